The van der Waals surface area contributed by atoms with Crippen LogP contribution in [0.15, 0.2) is 23.2 Å². The number of halogens is 3. The third-order valence-corrected chi connectivity index (χ3v) is 3.68. The van der Waals surface area contributed by atoms with Crippen LogP contribution in [0.1, 0.15) is 21.5 Å². The number of ether oxygens (including phenoxy) is 1. The van der Waals surface area contributed by atoms with Crippen LogP contribution in [-0.4, -0.2) is 35.2 Å². The number of thioether (sulfide) groups is 1. The van der Waals surface area contributed by atoms with Crippen molar-refractivity contribution in [1.29, 1.82) is 0 Å². The van der Waals surface area contributed by atoms with E-state index < -0.39 is 23.9 Å². The number of alkyl halides is 3. The fraction of sp³-hybridized carbons (Fsp3) is 0.333. The summed E-state index contributed by atoms with van der Waals surface area (Å²) in [6.07, 6.45) is -5.60. The quantitative estimate of drug-likeness (QED) is 0.852. The maximum Gasteiger partial charge on any atom is 0.417 e. The van der Waals surface area contributed by atoms with Gasteiger partial charge in [-0.25, -0.2) is 9.79 Å². The molecule has 0 fully saturated rings. The van der Waals surface area contributed by atoms with Crippen molar-refractivity contribution in [1.82, 2.24) is 0 Å². The van der Waals surface area contributed by atoms with E-state index >= 15 is 0 Å². The summed E-state index contributed by atoms with van der Waals surface area (Å²) in [5.41, 5.74) is -1.12. The van der Waals surface area contributed by atoms with Crippen LogP contribution in [0.5, 0.6) is 0 Å². The van der Waals surface area contributed by atoms with Gasteiger partial charge >= 0.3 is 12.1 Å². The molecule has 8 heteroatoms. The maximum atomic E-state index is 13.0. The smallest absolute Gasteiger partial charge is 0.417 e. The summed E-state index contributed by atoms with van der Waals surface area (Å²) in [5, 5.41) is 9.36. The summed E-state index contributed by atoms with van der Waals surface area (Å²) in [5.74, 6) is -0.543. The van der Waals surface area contributed by atoms with Gasteiger partial charge in [0.15, 0.2) is 6.23 Å². The first-order chi connectivity index (χ1) is 9.32. The van der Waals surface area contributed by atoms with Gasteiger partial charge in [-0.1, -0.05) is 0 Å². The van der Waals surface area contributed by atoms with Crippen LogP contribution in [0.2, 0.25) is 0 Å². The number of aliphatic hydroxyl groups excluding tert-OH is 1. The Morgan fingerprint density at radius 3 is 2.70 bits per heavy atom. The Morgan fingerprint density at radius 1 is 1.50 bits per heavy atom. The SMILES string of the molecule is COC(=O)c1ccc(C(F)(F)F)c(C2=NC(O)CS2)c1. The lowest BCUT2D eigenvalue weighted by Crippen LogP contribution is -2.13. The van der Waals surface area contributed by atoms with E-state index in [1.54, 1.807) is 0 Å². The first-order valence-corrected chi connectivity index (χ1v) is 6.50. The molecule has 1 aliphatic heterocycles. The number of carbonyl (C=O) groups is 1. The molecule has 4 nitrogen and oxygen atoms in total. The van der Waals surface area contributed by atoms with Crippen molar-refractivity contribution < 1.29 is 27.8 Å². The Hall–Kier alpha value is -1.54. The third-order valence-electron chi connectivity index (χ3n) is 2.61. The molecule has 1 unspecified atom stereocenters. The lowest BCUT2D eigenvalue weighted by molar-refractivity contribution is -0.137. The van der Waals surface area contributed by atoms with Gasteiger partial charge in [-0.15, -0.1) is 11.8 Å². The zero-order valence-electron chi connectivity index (χ0n) is 10.3. The number of aliphatic hydroxyl groups is 1. The average Bonchev–Trinajstić information content (AvgIpc) is 2.82. The summed E-state index contributed by atoms with van der Waals surface area (Å²) in [4.78, 5) is 15.1. The lowest BCUT2D eigenvalue weighted by Gasteiger charge is -2.13. The van der Waals surface area contributed by atoms with E-state index in [1.807, 2.05) is 0 Å². The van der Waals surface area contributed by atoms with Gasteiger partial charge in [-0.2, -0.15) is 13.2 Å². The van der Waals surface area contributed by atoms with Crippen LogP contribution in [-0.2, 0) is 10.9 Å². The molecular formula is C12H10F3NO3S. The topological polar surface area (TPSA) is 58.9 Å². The minimum absolute atomic E-state index is 0.000176. The largest absolute Gasteiger partial charge is 0.465 e. The van der Waals surface area contributed by atoms with Gasteiger partial charge in [0.1, 0.15) is 5.04 Å². The highest BCUT2D eigenvalue weighted by atomic mass is 32.2. The summed E-state index contributed by atoms with van der Waals surface area (Å²) >= 11 is 1.01. The highest BCUT2D eigenvalue weighted by molar-refractivity contribution is 8.14. The molecule has 1 aromatic carbocycles. The van der Waals surface area contributed by atoms with Crippen LogP contribution in [0.25, 0.3) is 0 Å². The average molecular weight is 305 g/mol. The van der Waals surface area contributed by atoms with E-state index in [1.165, 1.54) is 0 Å². The first kappa shape index (κ1) is 14.9. The predicted molar refractivity (Wildman–Crippen MR) is 67.8 cm³/mol. The van der Waals surface area contributed by atoms with Gasteiger partial charge in [-0.3, -0.25) is 0 Å². The molecule has 0 saturated carbocycles. The van der Waals surface area contributed by atoms with Crippen LogP contribution < -0.4 is 0 Å². The molecule has 0 radical (unpaired) electrons. The highest BCUT2D eigenvalue weighted by Crippen LogP contribution is 2.36. The molecule has 2 rings (SSSR count). The molecule has 108 valence electrons. The molecule has 0 aliphatic carbocycles. The Labute approximate surface area is 116 Å². The summed E-state index contributed by atoms with van der Waals surface area (Å²) < 4.78 is 43.4. The molecule has 0 aromatic heterocycles. The van der Waals surface area contributed by atoms with E-state index in [-0.39, 0.29) is 21.9 Å². The maximum absolute atomic E-state index is 13.0. The number of benzene rings is 1. The number of aliphatic imine (C=N–C) groups is 1. The molecule has 0 amide bonds. The van der Waals surface area contributed by atoms with E-state index in [2.05, 4.69) is 9.73 Å². The molecule has 20 heavy (non-hydrogen) atoms. The van der Waals surface area contributed by atoms with E-state index in [0.717, 1.165) is 37.1 Å². The van der Waals surface area contributed by atoms with Crippen molar-refractivity contribution in [2.75, 3.05) is 12.9 Å². The Morgan fingerprint density at radius 2 is 2.20 bits per heavy atom. The van der Waals surface area contributed by atoms with Crippen LogP contribution in [0, 0.1) is 0 Å². The summed E-state index contributed by atoms with van der Waals surface area (Å²) in [6, 6.07) is 2.95. The number of carbonyl (C=O) groups excluding carboxylic acids is 1. The van der Waals surface area contributed by atoms with Gasteiger partial charge < -0.3 is 9.84 Å². The number of methoxy groups -OCH3 is 1. The highest BCUT2D eigenvalue weighted by Gasteiger charge is 2.36. The number of nitrogens with zero attached hydrogens (tertiary/aromatic N) is 1. The lowest BCUT2D eigenvalue weighted by atomic mass is 10.0. The second-order valence-corrected chi connectivity index (χ2v) is 4.98. The molecular weight excluding hydrogens is 295 g/mol. The second-order valence-electron chi connectivity index (χ2n) is 3.98. The van der Waals surface area contributed by atoms with E-state index in [9.17, 15) is 23.1 Å². The van der Waals surface area contributed by atoms with Crippen molar-refractivity contribution >= 4 is 22.8 Å². The van der Waals surface area contributed by atoms with Crippen LogP contribution >= 0.6 is 11.8 Å². The zero-order valence-corrected chi connectivity index (χ0v) is 11.1. The molecule has 1 aromatic rings. The van der Waals surface area contributed by atoms with Crippen molar-refractivity contribution in [3.8, 4) is 0 Å². The number of hydrogen-bond donors (Lipinski definition) is 1. The molecule has 1 atom stereocenters. The monoisotopic (exact) mass is 305 g/mol. The van der Waals surface area contributed by atoms with Crippen molar-refractivity contribution in [2.24, 2.45) is 4.99 Å². The van der Waals surface area contributed by atoms with Crippen molar-refractivity contribution in [3.63, 3.8) is 0 Å². The molecule has 1 N–H and O–H groups in total. The Bertz CT molecular complexity index is 572. The van der Waals surface area contributed by atoms with Crippen molar-refractivity contribution in [2.45, 2.75) is 12.4 Å². The van der Waals surface area contributed by atoms with Crippen LogP contribution in [0.3, 0.4) is 0 Å². The first-order valence-electron chi connectivity index (χ1n) is 5.51. The molecule has 0 bridgehead atoms. The number of rotatable bonds is 2. The van der Waals surface area contributed by atoms with E-state index in [0.29, 0.717) is 0 Å². The second kappa shape index (κ2) is 5.45. The minimum Gasteiger partial charge on any atom is -0.465 e. The summed E-state index contributed by atoms with van der Waals surface area (Å²) in [7, 11) is 1.14. The number of hydrogen-bond acceptors (Lipinski definition) is 5. The van der Waals surface area contributed by atoms with Crippen LogP contribution in [0.4, 0.5) is 13.2 Å². The zero-order chi connectivity index (χ0) is 14.9. The third kappa shape index (κ3) is 2.96. The van der Waals surface area contributed by atoms with E-state index in [4.69, 9.17) is 0 Å². The van der Waals surface area contributed by atoms with Crippen molar-refractivity contribution in [3.05, 3.63) is 34.9 Å². The summed E-state index contributed by atoms with van der Waals surface area (Å²) in [6.45, 7) is 0. The standard InChI is InChI=1S/C12H10F3NO3S/c1-19-11(18)6-2-3-8(12(13,14)15)7(4-6)10-16-9(17)5-20-10/h2-4,9,17H,5H2,1H3. The normalized spacial score (nSPS) is 18.9. The molecule has 1 heterocycles. The van der Waals surface area contributed by atoms with Gasteiger partial charge in [0, 0.05) is 11.3 Å². The fourth-order valence-corrected chi connectivity index (χ4v) is 2.63. The predicted octanol–water partition coefficient (Wildman–Crippen LogP) is 2.30. The minimum atomic E-state index is -4.57. The van der Waals surface area contributed by atoms with Gasteiger partial charge in [-0.05, 0) is 18.2 Å². The number of esters is 1. The fourth-order valence-electron chi connectivity index (χ4n) is 1.72. The molecule has 1 aliphatic rings. The Kier molecular flexibility index (Phi) is 4.05. The molecule has 0 saturated heterocycles. The van der Waals surface area contributed by atoms with Gasteiger partial charge in [0.05, 0.1) is 18.2 Å². The molecule has 0 spiro atoms. The Balaban J connectivity index is 2.54. The van der Waals surface area contributed by atoms with Gasteiger partial charge in [0.2, 0.25) is 0 Å². The van der Waals surface area contributed by atoms with Gasteiger partial charge in [0.25, 0.3) is 0 Å².